The number of benzene rings is 1. The number of rotatable bonds is 5. The van der Waals surface area contributed by atoms with Crippen LogP contribution in [-0.2, 0) is 6.42 Å². The molecule has 0 radical (unpaired) electrons. The Morgan fingerprint density at radius 3 is 3.00 bits per heavy atom. The predicted molar refractivity (Wildman–Crippen MR) is 80.7 cm³/mol. The van der Waals surface area contributed by atoms with Crippen molar-refractivity contribution in [3.63, 3.8) is 0 Å². The molecule has 2 heteroatoms. The minimum atomic E-state index is 0.501. The van der Waals surface area contributed by atoms with Crippen LogP contribution in [0.25, 0.3) is 0 Å². The zero-order valence-corrected chi connectivity index (χ0v) is 12.3. The topological polar surface area (TPSA) is 21.3 Å². The van der Waals surface area contributed by atoms with Crippen molar-refractivity contribution in [3.05, 3.63) is 41.0 Å². The normalized spacial score (nSPS) is 17.7. The van der Waals surface area contributed by atoms with E-state index in [0.717, 1.165) is 12.3 Å². The molecule has 0 amide bonds. The van der Waals surface area contributed by atoms with Crippen molar-refractivity contribution in [2.24, 2.45) is 0 Å². The smallest absolute Gasteiger partial charge is 0.120 e. The first-order valence-electron chi connectivity index (χ1n) is 7.33. The molecular weight excluding hydrogens is 234 g/mol. The predicted octanol–water partition coefficient (Wildman–Crippen LogP) is 4.02. The first-order chi connectivity index (χ1) is 9.20. The van der Waals surface area contributed by atoms with E-state index in [1.165, 1.54) is 36.0 Å². The average Bonchev–Trinajstić information content (AvgIpc) is 2.39. The van der Waals surface area contributed by atoms with E-state index >= 15 is 0 Å². The van der Waals surface area contributed by atoms with E-state index in [9.17, 15) is 0 Å². The Balaban J connectivity index is 2.11. The highest BCUT2D eigenvalue weighted by Crippen LogP contribution is 2.32. The summed E-state index contributed by atoms with van der Waals surface area (Å²) in [5, 5.41) is 3.57. The van der Waals surface area contributed by atoms with Gasteiger partial charge in [-0.15, -0.1) is 0 Å². The van der Waals surface area contributed by atoms with E-state index < -0.39 is 0 Å². The number of aryl methyl sites for hydroxylation is 1. The van der Waals surface area contributed by atoms with Crippen molar-refractivity contribution in [1.29, 1.82) is 0 Å². The molecule has 0 fully saturated rings. The van der Waals surface area contributed by atoms with Crippen LogP contribution in [0.5, 0.6) is 5.75 Å². The first-order valence-corrected chi connectivity index (χ1v) is 7.33. The van der Waals surface area contributed by atoms with Gasteiger partial charge >= 0.3 is 0 Å². The third-order valence-electron chi connectivity index (χ3n) is 3.62. The van der Waals surface area contributed by atoms with Gasteiger partial charge in [0.2, 0.25) is 0 Å². The fourth-order valence-corrected chi connectivity index (χ4v) is 2.63. The van der Waals surface area contributed by atoms with Crippen LogP contribution < -0.4 is 10.1 Å². The van der Waals surface area contributed by atoms with Crippen LogP contribution in [0.1, 0.15) is 50.8 Å². The van der Waals surface area contributed by atoms with Crippen molar-refractivity contribution in [2.45, 2.75) is 46.1 Å². The summed E-state index contributed by atoms with van der Waals surface area (Å²) >= 11 is 0. The highest BCUT2D eigenvalue weighted by atomic mass is 16.5. The van der Waals surface area contributed by atoms with Gasteiger partial charge in [0.15, 0.2) is 0 Å². The van der Waals surface area contributed by atoms with Gasteiger partial charge in [0, 0.05) is 6.04 Å². The molecule has 1 atom stereocenters. The fourth-order valence-electron chi connectivity index (χ4n) is 2.63. The second-order valence-corrected chi connectivity index (χ2v) is 5.46. The number of allylic oxidation sites excluding steroid dienone is 1. The average molecular weight is 259 g/mol. The molecular formula is C17H25NO. The summed E-state index contributed by atoms with van der Waals surface area (Å²) in [7, 11) is 0. The van der Waals surface area contributed by atoms with Gasteiger partial charge in [-0.1, -0.05) is 18.6 Å². The molecule has 0 heterocycles. The molecule has 1 aliphatic rings. The molecule has 0 bridgehead atoms. The van der Waals surface area contributed by atoms with Crippen LogP contribution >= 0.6 is 0 Å². The summed E-state index contributed by atoms with van der Waals surface area (Å²) in [4.78, 5) is 0. The van der Waals surface area contributed by atoms with E-state index in [1.807, 2.05) is 0 Å². The summed E-state index contributed by atoms with van der Waals surface area (Å²) in [6.45, 7) is 8.04. The van der Waals surface area contributed by atoms with E-state index in [-0.39, 0.29) is 0 Å². The maximum atomic E-state index is 5.81. The lowest BCUT2D eigenvalue weighted by atomic mass is 9.87. The summed E-state index contributed by atoms with van der Waals surface area (Å²) in [6.07, 6.45) is 5.83. The zero-order chi connectivity index (χ0) is 13.7. The summed E-state index contributed by atoms with van der Waals surface area (Å²) < 4.78 is 5.81. The van der Waals surface area contributed by atoms with Crippen LogP contribution in [0.2, 0.25) is 0 Å². The van der Waals surface area contributed by atoms with Gasteiger partial charge in [0.25, 0.3) is 0 Å². The van der Waals surface area contributed by atoms with Crippen LogP contribution in [-0.4, -0.2) is 13.2 Å². The van der Waals surface area contributed by atoms with Crippen molar-refractivity contribution >= 4 is 0 Å². The van der Waals surface area contributed by atoms with Gasteiger partial charge in [-0.25, -0.2) is 0 Å². The quantitative estimate of drug-likeness (QED) is 0.806. The van der Waals surface area contributed by atoms with E-state index in [4.69, 9.17) is 4.74 Å². The second kappa shape index (κ2) is 6.76. The molecule has 0 aliphatic heterocycles. The lowest BCUT2D eigenvalue weighted by Gasteiger charge is -2.26. The zero-order valence-electron chi connectivity index (χ0n) is 12.3. The highest BCUT2D eigenvalue weighted by Gasteiger charge is 2.19. The summed E-state index contributed by atoms with van der Waals surface area (Å²) in [6, 6.07) is 7.06. The van der Waals surface area contributed by atoms with Crippen molar-refractivity contribution < 1.29 is 4.74 Å². The monoisotopic (exact) mass is 259 g/mol. The number of hydrogen-bond acceptors (Lipinski definition) is 2. The summed E-state index contributed by atoms with van der Waals surface area (Å²) in [5.74, 6) is 0.987. The maximum absolute atomic E-state index is 5.81. The molecule has 2 rings (SSSR count). The number of fused-ring (bicyclic) bond motifs is 1. The van der Waals surface area contributed by atoms with Crippen molar-refractivity contribution in [1.82, 2.24) is 5.32 Å². The molecule has 0 aromatic heterocycles. The van der Waals surface area contributed by atoms with Crippen LogP contribution in [0.4, 0.5) is 0 Å². The molecule has 0 saturated heterocycles. The lowest BCUT2D eigenvalue weighted by molar-refractivity contribution is 0.359. The number of ether oxygens (including phenoxy) is 1. The molecule has 1 aromatic rings. The Hall–Kier alpha value is -1.28. The Kier molecular flexibility index (Phi) is 5.03. The third kappa shape index (κ3) is 3.84. The molecule has 1 N–H and O–H groups in total. The van der Waals surface area contributed by atoms with Gasteiger partial charge in [-0.2, -0.15) is 0 Å². The number of hydrogen-bond donors (Lipinski definition) is 1. The van der Waals surface area contributed by atoms with E-state index in [1.54, 1.807) is 0 Å². The lowest BCUT2D eigenvalue weighted by Crippen LogP contribution is -2.24. The van der Waals surface area contributed by atoms with Crippen molar-refractivity contribution in [3.8, 4) is 5.75 Å². The summed E-state index contributed by atoms with van der Waals surface area (Å²) in [5.41, 5.74) is 4.21. The largest absolute Gasteiger partial charge is 0.490 e. The van der Waals surface area contributed by atoms with Gasteiger partial charge in [-0.3, -0.25) is 0 Å². The minimum absolute atomic E-state index is 0.501. The Bertz CT molecular complexity index is 447. The maximum Gasteiger partial charge on any atom is 0.120 e. The first kappa shape index (κ1) is 14.1. The third-order valence-corrected chi connectivity index (χ3v) is 3.62. The van der Waals surface area contributed by atoms with Gasteiger partial charge in [0.1, 0.15) is 12.4 Å². The van der Waals surface area contributed by atoms with Gasteiger partial charge in [0.05, 0.1) is 0 Å². The van der Waals surface area contributed by atoms with Crippen LogP contribution in [0.3, 0.4) is 0 Å². The Morgan fingerprint density at radius 1 is 1.42 bits per heavy atom. The second-order valence-electron chi connectivity index (χ2n) is 5.46. The number of nitrogens with one attached hydrogen (secondary N) is 1. The van der Waals surface area contributed by atoms with E-state index in [0.29, 0.717) is 12.6 Å². The molecule has 104 valence electrons. The molecule has 2 nitrogen and oxygen atoms in total. The standard InChI is InChI=1S/C17H25NO/c1-4-18-17-7-5-6-14-8-9-15(12-16(14)17)19-11-10-13(2)3/h8-10,12,17-18H,4-7,11H2,1-3H3. The van der Waals surface area contributed by atoms with Gasteiger partial charge < -0.3 is 10.1 Å². The molecule has 0 saturated carbocycles. The Labute approximate surface area is 116 Å². The van der Waals surface area contributed by atoms with E-state index in [2.05, 4.69) is 50.4 Å². The van der Waals surface area contributed by atoms with Crippen LogP contribution in [0.15, 0.2) is 29.8 Å². The molecule has 1 aliphatic carbocycles. The Morgan fingerprint density at radius 2 is 2.26 bits per heavy atom. The molecule has 0 spiro atoms. The van der Waals surface area contributed by atoms with Gasteiger partial charge in [-0.05, 0) is 69.0 Å². The minimum Gasteiger partial charge on any atom is -0.490 e. The van der Waals surface area contributed by atoms with Crippen molar-refractivity contribution in [2.75, 3.05) is 13.2 Å². The SMILES string of the molecule is CCNC1CCCc2ccc(OCC=C(C)C)cc21. The highest BCUT2D eigenvalue weighted by molar-refractivity contribution is 5.39. The fraction of sp³-hybridized carbons (Fsp3) is 0.529. The molecule has 19 heavy (non-hydrogen) atoms. The molecule has 1 aromatic carbocycles. The van der Waals surface area contributed by atoms with Crippen LogP contribution in [0, 0.1) is 0 Å². The molecule has 1 unspecified atom stereocenters.